The topological polar surface area (TPSA) is 90.4 Å². The summed E-state index contributed by atoms with van der Waals surface area (Å²) < 4.78 is 7.33. The van der Waals surface area contributed by atoms with Gasteiger partial charge in [0.15, 0.2) is 0 Å². The molecule has 1 heterocycles. The third kappa shape index (κ3) is 7.98. The van der Waals surface area contributed by atoms with Crippen molar-refractivity contribution in [2.45, 2.75) is 57.7 Å². The summed E-state index contributed by atoms with van der Waals surface area (Å²) in [6.45, 7) is 9.85. The van der Waals surface area contributed by atoms with Crippen molar-refractivity contribution in [1.82, 2.24) is 9.78 Å². The van der Waals surface area contributed by atoms with Gasteiger partial charge in [-0.25, -0.2) is 4.68 Å². The first-order valence-corrected chi connectivity index (χ1v) is 10.9. The van der Waals surface area contributed by atoms with Crippen molar-refractivity contribution in [1.29, 1.82) is 0 Å². The number of aliphatic carboxylic acids is 1. The molecule has 0 unspecified atom stereocenters. The summed E-state index contributed by atoms with van der Waals surface area (Å²) >= 11 is 0. The molecule has 0 saturated carbocycles. The summed E-state index contributed by atoms with van der Waals surface area (Å²) in [5, 5.41) is 13.0. The molecule has 0 radical (unpaired) electrons. The first-order chi connectivity index (χ1) is 9.57. The van der Waals surface area contributed by atoms with Crippen molar-refractivity contribution in [2.75, 3.05) is 6.61 Å². The zero-order chi connectivity index (χ0) is 16.1. The molecule has 7 heteroatoms. The van der Waals surface area contributed by atoms with Gasteiger partial charge in [0, 0.05) is 26.4 Å². The molecule has 0 fully saturated rings. The normalized spacial score (nSPS) is 14.9. The van der Waals surface area contributed by atoms with Gasteiger partial charge in [-0.15, -0.1) is 0 Å². The Labute approximate surface area is 127 Å². The number of hydrogen-bond acceptors (Lipinski definition) is 4. The lowest BCUT2D eigenvalue weighted by Gasteiger charge is -2.21. The molecular formula is C14H27N3O3Si. The highest BCUT2D eigenvalue weighted by molar-refractivity contribution is 6.76. The van der Waals surface area contributed by atoms with E-state index in [-0.39, 0.29) is 6.42 Å². The number of ether oxygens (including phenoxy) is 1. The zero-order valence-electron chi connectivity index (χ0n) is 13.4. The second kappa shape index (κ2) is 7.19. The highest BCUT2D eigenvalue weighted by atomic mass is 28.3. The zero-order valence-corrected chi connectivity index (χ0v) is 14.4. The number of nitrogens with zero attached hydrogens (tertiary/aromatic N) is 2. The van der Waals surface area contributed by atoms with Crippen molar-refractivity contribution in [3.05, 3.63) is 18.0 Å². The third-order valence-electron chi connectivity index (χ3n) is 3.07. The summed E-state index contributed by atoms with van der Waals surface area (Å²) in [6.07, 6.45) is 4.00. The van der Waals surface area contributed by atoms with E-state index in [9.17, 15) is 4.79 Å². The number of nitrogens with two attached hydrogens (primary N) is 1. The third-order valence-corrected chi connectivity index (χ3v) is 4.77. The molecule has 1 atom stereocenters. The van der Waals surface area contributed by atoms with E-state index in [0.717, 1.165) is 18.2 Å². The van der Waals surface area contributed by atoms with Crippen molar-refractivity contribution in [3.63, 3.8) is 0 Å². The predicted octanol–water partition coefficient (Wildman–Crippen LogP) is 1.93. The van der Waals surface area contributed by atoms with Crippen molar-refractivity contribution < 1.29 is 14.6 Å². The lowest BCUT2D eigenvalue weighted by Crippen LogP contribution is -2.40. The largest absolute Gasteiger partial charge is 0.481 e. The van der Waals surface area contributed by atoms with Gasteiger partial charge in [0.1, 0.15) is 6.73 Å². The van der Waals surface area contributed by atoms with Crippen LogP contribution in [0.2, 0.25) is 25.7 Å². The predicted molar refractivity (Wildman–Crippen MR) is 84.9 cm³/mol. The molecule has 0 aliphatic carbocycles. The van der Waals surface area contributed by atoms with Gasteiger partial charge >= 0.3 is 5.97 Å². The lowest BCUT2D eigenvalue weighted by molar-refractivity contribution is -0.138. The van der Waals surface area contributed by atoms with Gasteiger partial charge in [-0.2, -0.15) is 5.10 Å². The van der Waals surface area contributed by atoms with E-state index in [2.05, 4.69) is 24.7 Å². The molecule has 0 bridgehead atoms. The van der Waals surface area contributed by atoms with Crippen molar-refractivity contribution in [2.24, 2.45) is 5.73 Å². The van der Waals surface area contributed by atoms with Gasteiger partial charge < -0.3 is 15.6 Å². The van der Waals surface area contributed by atoms with Crippen LogP contribution in [0.4, 0.5) is 0 Å². The minimum atomic E-state index is -1.06. The Kier molecular flexibility index (Phi) is 6.12. The molecule has 3 N–H and O–H groups in total. The minimum Gasteiger partial charge on any atom is -0.481 e. The highest BCUT2D eigenvalue weighted by Gasteiger charge is 2.23. The van der Waals surface area contributed by atoms with Crippen LogP contribution in [0.5, 0.6) is 0 Å². The van der Waals surface area contributed by atoms with Gasteiger partial charge in [0.2, 0.25) is 0 Å². The molecule has 1 rings (SSSR count). The van der Waals surface area contributed by atoms with Crippen LogP contribution in [-0.4, -0.2) is 41.1 Å². The van der Waals surface area contributed by atoms with E-state index in [0.29, 0.717) is 13.2 Å². The van der Waals surface area contributed by atoms with E-state index < -0.39 is 19.6 Å². The fraction of sp³-hybridized carbons (Fsp3) is 0.714. The van der Waals surface area contributed by atoms with Crippen LogP contribution in [0, 0.1) is 0 Å². The number of carbonyl (C=O) groups is 1. The van der Waals surface area contributed by atoms with E-state index in [1.54, 1.807) is 17.8 Å². The number of carboxylic acid groups (broad SMARTS) is 1. The first kappa shape index (κ1) is 17.9. The Hall–Kier alpha value is -1.18. The Balaban J connectivity index is 2.41. The van der Waals surface area contributed by atoms with Gasteiger partial charge in [0.25, 0.3) is 0 Å². The van der Waals surface area contributed by atoms with E-state index >= 15 is 0 Å². The highest BCUT2D eigenvalue weighted by Crippen LogP contribution is 2.14. The van der Waals surface area contributed by atoms with Gasteiger partial charge in [-0.05, 0) is 25.0 Å². The van der Waals surface area contributed by atoms with Crippen LogP contribution >= 0.6 is 0 Å². The summed E-state index contributed by atoms with van der Waals surface area (Å²) in [4.78, 5) is 10.7. The molecule has 1 aromatic rings. The van der Waals surface area contributed by atoms with Crippen LogP contribution in [0.1, 0.15) is 18.9 Å². The molecule has 0 spiro atoms. The Morgan fingerprint density at radius 2 is 2.19 bits per heavy atom. The van der Waals surface area contributed by atoms with Crippen LogP contribution in [-0.2, 0) is 22.7 Å². The van der Waals surface area contributed by atoms with E-state index in [1.807, 2.05) is 6.20 Å². The van der Waals surface area contributed by atoms with E-state index in [1.165, 1.54) is 0 Å². The molecule has 0 amide bonds. The number of hydrogen-bond donors (Lipinski definition) is 2. The van der Waals surface area contributed by atoms with Gasteiger partial charge in [-0.3, -0.25) is 4.79 Å². The summed E-state index contributed by atoms with van der Waals surface area (Å²) in [7, 11) is -1.06. The molecule has 0 aliphatic rings. The second-order valence-electron chi connectivity index (χ2n) is 7.14. The smallest absolute Gasteiger partial charge is 0.305 e. The Bertz CT molecular complexity index is 466. The maximum Gasteiger partial charge on any atom is 0.305 e. The Morgan fingerprint density at radius 3 is 2.76 bits per heavy atom. The first-order valence-electron chi connectivity index (χ1n) is 7.17. The summed E-state index contributed by atoms with van der Waals surface area (Å²) in [6, 6.07) is 1.13. The van der Waals surface area contributed by atoms with Crippen molar-refractivity contribution in [3.8, 4) is 0 Å². The molecule has 0 saturated heterocycles. The molecular weight excluding hydrogens is 286 g/mol. The number of aromatic nitrogens is 2. The quantitative estimate of drug-likeness (QED) is 0.537. The average Bonchev–Trinajstić information content (AvgIpc) is 2.68. The van der Waals surface area contributed by atoms with E-state index in [4.69, 9.17) is 15.6 Å². The van der Waals surface area contributed by atoms with Gasteiger partial charge in [-0.1, -0.05) is 19.6 Å². The molecule has 21 heavy (non-hydrogen) atoms. The summed E-state index contributed by atoms with van der Waals surface area (Å²) in [5.74, 6) is -0.887. The second-order valence-corrected chi connectivity index (χ2v) is 12.8. The fourth-order valence-corrected chi connectivity index (χ4v) is 2.74. The fourth-order valence-electron chi connectivity index (χ4n) is 1.98. The van der Waals surface area contributed by atoms with Crippen molar-refractivity contribution >= 4 is 14.0 Å². The maximum absolute atomic E-state index is 10.7. The van der Waals surface area contributed by atoms with Crippen LogP contribution in [0.25, 0.3) is 0 Å². The minimum absolute atomic E-state index is 0.0646. The van der Waals surface area contributed by atoms with Crippen LogP contribution in [0.15, 0.2) is 12.4 Å². The van der Waals surface area contributed by atoms with Crippen LogP contribution in [0.3, 0.4) is 0 Å². The molecule has 6 nitrogen and oxygen atoms in total. The number of rotatable bonds is 9. The average molecular weight is 313 g/mol. The maximum atomic E-state index is 10.7. The van der Waals surface area contributed by atoms with Gasteiger partial charge in [0.05, 0.1) is 12.6 Å². The Morgan fingerprint density at radius 1 is 1.52 bits per heavy atom. The molecule has 0 aromatic carbocycles. The molecule has 120 valence electrons. The lowest BCUT2D eigenvalue weighted by atomic mass is 9.92. The summed E-state index contributed by atoms with van der Waals surface area (Å²) in [5.41, 5.74) is 6.14. The molecule has 0 aliphatic heterocycles. The standard InChI is InChI=1S/C14H27N3O3Si/c1-14(15,8-13(18)19)7-12-9-16-17(10-12)11-20-5-6-21(2,3)4/h9-10H,5-8,11,15H2,1-4H3,(H,18,19)/t14-/m0/s1. The van der Waals surface area contributed by atoms with Crippen LogP contribution < -0.4 is 5.73 Å². The molecule has 1 aromatic heterocycles. The monoisotopic (exact) mass is 313 g/mol. The number of carboxylic acids is 1. The SMILES string of the molecule is C[C@@](N)(CC(=O)O)Cc1cnn(COCC[Si](C)(C)C)c1.